The smallest absolute Gasteiger partial charge is 0.319 e. The second-order valence-corrected chi connectivity index (χ2v) is 7.36. The summed E-state index contributed by atoms with van der Waals surface area (Å²) in [6.45, 7) is 3.98. The summed E-state index contributed by atoms with van der Waals surface area (Å²) >= 11 is 0. The van der Waals surface area contributed by atoms with Crippen LogP contribution >= 0.6 is 0 Å². The fourth-order valence-corrected chi connectivity index (χ4v) is 3.49. The SMILES string of the molecule is Cc1ccc(NC(=O)NCCn2nnc3cc(C(=O)N4CCCC4)ccc32)cc1F. The topological polar surface area (TPSA) is 92.1 Å². The molecule has 2 N–H and O–H groups in total. The highest BCUT2D eigenvalue weighted by molar-refractivity contribution is 5.97. The van der Waals surface area contributed by atoms with E-state index in [0.717, 1.165) is 31.4 Å². The van der Waals surface area contributed by atoms with Crippen LogP contribution in [0.5, 0.6) is 0 Å². The van der Waals surface area contributed by atoms with Gasteiger partial charge in [0.15, 0.2) is 0 Å². The maximum Gasteiger partial charge on any atom is 0.319 e. The van der Waals surface area contributed by atoms with Crippen LogP contribution in [0.3, 0.4) is 0 Å². The van der Waals surface area contributed by atoms with Gasteiger partial charge in [0.2, 0.25) is 0 Å². The predicted octanol–water partition coefficient (Wildman–Crippen LogP) is 2.94. The summed E-state index contributed by atoms with van der Waals surface area (Å²) in [7, 11) is 0. The van der Waals surface area contributed by atoms with Crippen molar-refractivity contribution in [2.45, 2.75) is 26.3 Å². The molecule has 0 radical (unpaired) electrons. The van der Waals surface area contributed by atoms with Crippen molar-refractivity contribution in [2.24, 2.45) is 0 Å². The molecular weight excluding hydrogens is 387 g/mol. The zero-order valence-corrected chi connectivity index (χ0v) is 16.7. The molecule has 1 aliphatic rings. The van der Waals surface area contributed by atoms with E-state index in [4.69, 9.17) is 0 Å². The highest BCUT2D eigenvalue weighted by atomic mass is 19.1. The van der Waals surface area contributed by atoms with Crippen molar-refractivity contribution in [1.82, 2.24) is 25.2 Å². The number of hydrogen-bond acceptors (Lipinski definition) is 4. The molecule has 1 aromatic heterocycles. The number of likely N-dealkylation sites (tertiary alicyclic amines) is 1. The van der Waals surface area contributed by atoms with Gasteiger partial charge in [-0.3, -0.25) is 4.79 Å². The molecule has 2 heterocycles. The quantitative estimate of drug-likeness (QED) is 0.677. The molecule has 4 rings (SSSR count). The molecule has 156 valence electrons. The summed E-state index contributed by atoms with van der Waals surface area (Å²) in [6.07, 6.45) is 2.09. The lowest BCUT2D eigenvalue weighted by Gasteiger charge is -2.14. The number of fused-ring (bicyclic) bond motifs is 1. The van der Waals surface area contributed by atoms with E-state index in [0.29, 0.717) is 35.4 Å². The first-order valence-corrected chi connectivity index (χ1v) is 9.95. The van der Waals surface area contributed by atoms with Crippen LogP contribution < -0.4 is 10.6 Å². The van der Waals surface area contributed by atoms with E-state index in [2.05, 4.69) is 20.9 Å². The van der Waals surface area contributed by atoms with Gasteiger partial charge in [0.1, 0.15) is 11.3 Å². The van der Waals surface area contributed by atoms with Gasteiger partial charge in [-0.2, -0.15) is 0 Å². The molecule has 3 aromatic rings. The first-order chi connectivity index (χ1) is 14.5. The van der Waals surface area contributed by atoms with E-state index >= 15 is 0 Å². The van der Waals surface area contributed by atoms with E-state index in [1.807, 2.05) is 11.0 Å². The summed E-state index contributed by atoms with van der Waals surface area (Å²) in [4.78, 5) is 26.4. The summed E-state index contributed by atoms with van der Waals surface area (Å²) in [6, 6.07) is 9.47. The van der Waals surface area contributed by atoms with Crippen LogP contribution in [-0.4, -0.2) is 51.5 Å². The van der Waals surface area contributed by atoms with E-state index < -0.39 is 6.03 Å². The Morgan fingerprint density at radius 3 is 2.70 bits per heavy atom. The second kappa shape index (κ2) is 8.48. The van der Waals surface area contributed by atoms with Crippen molar-refractivity contribution in [3.05, 3.63) is 53.3 Å². The number of carbonyl (C=O) groups is 2. The molecule has 1 fully saturated rings. The number of hydrogen-bond donors (Lipinski definition) is 2. The molecule has 0 atom stereocenters. The zero-order valence-electron chi connectivity index (χ0n) is 16.7. The van der Waals surface area contributed by atoms with Gasteiger partial charge >= 0.3 is 6.03 Å². The van der Waals surface area contributed by atoms with Gasteiger partial charge in [0.05, 0.1) is 12.1 Å². The number of anilines is 1. The summed E-state index contributed by atoms with van der Waals surface area (Å²) in [5.74, 6) is -0.348. The van der Waals surface area contributed by atoms with Crippen LogP contribution in [0.4, 0.5) is 14.9 Å². The van der Waals surface area contributed by atoms with E-state index in [1.54, 1.807) is 35.9 Å². The van der Waals surface area contributed by atoms with Crippen LogP contribution in [0.25, 0.3) is 11.0 Å². The van der Waals surface area contributed by atoms with Crippen LogP contribution in [0.2, 0.25) is 0 Å². The molecule has 2 aromatic carbocycles. The van der Waals surface area contributed by atoms with Crippen molar-refractivity contribution in [3.8, 4) is 0 Å². The number of rotatable bonds is 5. The Labute approximate surface area is 173 Å². The lowest BCUT2D eigenvalue weighted by atomic mass is 10.1. The van der Waals surface area contributed by atoms with Crippen molar-refractivity contribution in [2.75, 3.05) is 25.0 Å². The molecule has 1 aliphatic heterocycles. The van der Waals surface area contributed by atoms with Crippen molar-refractivity contribution in [1.29, 1.82) is 0 Å². The Balaban J connectivity index is 1.34. The average Bonchev–Trinajstić information content (AvgIpc) is 3.40. The standard InChI is InChI=1S/C21H23FN6O2/c1-14-4-6-16(13-17(14)22)24-21(30)23-8-11-28-19-7-5-15(12-18(19)25-26-28)20(29)27-9-2-3-10-27/h4-7,12-13H,2-3,8-11H2,1H3,(H2,23,24,30). The summed E-state index contributed by atoms with van der Waals surface area (Å²) in [5.41, 5.74) is 2.94. The molecule has 9 heteroatoms. The fourth-order valence-electron chi connectivity index (χ4n) is 3.49. The minimum Gasteiger partial charge on any atom is -0.339 e. The third-order valence-corrected chi connectivity index (χ3v) is 5.19. The van der Waals surface area contributed by atoms with E-state index in [9.17, 15) is 14.0 Å². The summed E-state index contributed by atoms with van der Waals surface area (Å²) in [5, 5.41) is 13.6. The molecule has 30 heavy (non-hydrogen) atoms. The number of nitrogens with one attached hydrogen (secondary N) is 2. The summed E-state index contributed by atoms with van der Waals surface area (Å²) < 4.78 is 15.2. The van der Waals surface area contributed by atoms with Gasteiger partial charge in [0.25, 0.3) is 5.91 Å². The molecular formula is C21H23FN6O2. The molecule has 8 nitrogen and oxygen atoms in total. The van der Waals surface area contributed by atoms with Gasteiger partial charge in [-0.1, -0.05) is 11.3 Å². The number of aromatic nitrogens is 3. The normalized spacial score (nSPS) is 13.6. The maximum atomic E-state index is 13.6. The lowest BCUT2D eigenvalue weighted by Crippen LogP contribution is -2.31. The van der Waals surface area contributed by atoms with Crippen LogP contribution in [0.1, 0.15) is 28.8 Å². The molecule has 0 unspecified atom stereocenters. The second-order valence-electron chi connectivity index (χ2n) is 7.36. The Kier molecular flexibility index (Phi) is 5.60. The molecule has 0 saturated carbocycles. The Morgan fingerprint density at radius 2 is 1.93 bits per heavy atom. The molecule has 0 spiro atoms. The minimum atomic E-state index is -0.429. The number of benzene rings is 2. The van der Waals surface area contributed by atoms with E-state index in [1.165, 1.54) is 6.07 Å². The third kappa shape index (κ3) is 4.24. The number of halogens is 1. The van der Waals surface area contributed by atoms with Gasteiger partial charge in [-0.15, -0.1) is 5.10 Å². The molecule has 3 amide bonds. The maximum absolute atomic E-state index is 13.6. The van der Waals surface area contributed by atoms with Crippen LogP contribution in [-0.2, 0) is 6.54 Å². The van der Waals surface area contributed by atoms with Gasteiger partial charge in [-0.05, 0) is 55.7 Å². The molecule has 1 saturated heterocycles. The van der Waals surface area contributed by atoms with Crippen LogP contribution in [0.15, 0.2) is 36.4 Å². The van der Waals surface area contributed by atoms with Gasteiger partial charge in [0, 0.05) is 30.9 Å². The van der Waals surface area contributed by atoms with E-state index in [-0.39, 0.29) is 11.7 Å². The van der Waals surface area contributed by atoms with Crippen LogP contribution in [0, 0.1) is 12.7 Å². The molecule has 0 aliphatic carbocycles. The van der Waals surface area contributed by atoms with Crippen molar-refractivity contribution in [3.63, 3.8) is 0 Å². The first-order valence-electron chi connectivity index (χ1n) is 9.95. The average molecular weight is 410 g/mol. The van der Waals surface area contributed by atoms with Crippen molar-refractivity contribution >= 4 is 28.7 Å². The molecule has 0 bridgehead atoms. The Hall–Kier alpha value is -3.49. The van der Waals surface area contributed by atoms with Crippen molar-refractivity contribution < 1.29 is 14.0 Å². The fraction of sp³-hybridized carbons (Fsp3) is 0.333. The third-order valence-electron chi connectivity index (χ3n) is 5.19. The largest absolute Gasteiger partial charge is 0.339 e. The monoisotopic (exact) mass is 410 g/mol. The number of aryl methyl sites for hydroxylation is 1. The number of amides is 3. The number of urea groups is 1. The minimum absolute atomic E-state index is 0.0230. The predicted molar refractivity (Wildman–Crippen MR) is 111 cm³/mol. The highest BCUT2D eigenvalue weighted by Crippen LogP contribution is 2.18. The Bertz CT molecular complexity index is 1090. The number of carbonyl (C=O) groups excluding carboxylic acids is 2. The first kappa shape index (κ1) is 19.8. The number of nitrogens with zero attached hydrogens (tertiary/aromatic N) is 4. The lowest BCUT2D eigenvalue weighted by molar-refractivity contribution is 0.0793. The zero-order chi connectivity index (χ0) is 21.1. The Morgan fingerprint density at radius 1 is 1.13 bits per heavy atom. The van der Waals surface area contributed by atoms with Gasteiger partial charge in [-0.25, -0.2) is 13.9 Å². The highest BCUT2D eigenvalue weighted by Gasteiger charge is 2.20. The van der Waals surface area contributed by atoms with Gasteiger partial charge < -0.3 is 15.5 Å².